The third kappa shape index (κ3) is 4.62. The molecule has 0 bridgehead atoms. The molecule has 0 radical (unpaired) electrons. The van der Waals surface area contributed by atoms with E-state index in [1.807, 2.05) is 43.3 Å². The van der Waals surface area contributed by atoms with Gasteiger partial charge in [-0.05, 0) is 68.4 Å². The minimum absolute atomic E-state index is 0.00411. The summed E-state index contributed by atoms with van der Waals surface area (Å²) in [6, 6.07) is 15.3. The lowest BCUT2D eigenvalue weighted by Crippen LogP contribution is -2.36. The molecule has 35 heavy (non-hydrogen) atoms. The lowest BCUT2D eigenvalue weighted by molar-refractivity contribution is -0.144. The first-order chi connectivity index (χ1) is 17.0. The van der Waals surface area contributed by atoms with E-state index in [1.54, 1.807) is 19.2 Å². The van der Waals surface area contributed by atoms with E-state index in [-0.39, 0.29) is 23.8 Å². The third-order valence-electron chi connectivity index (χ3n) is 7.41. The van der Waals surface area contributed by atoms with Crippen molar-refractivity contribution in [3.63, 3.8) is 0 Å². The van der Waals surface area contributed by atoms with Crippen LogP contribution in [0.15, 0.2) is 71.1 Å². The van der Waals surface area contributed by atoms with Crippen LogP contribution in [-0.4, -0.2) is 25.0 Å². The van der Waals surface area contributed by atoms with Crippen LogP contribution >= 0.6 is 11.6 Å². The van der Waals surface area contributed by atoms with Gasteiger partial charge in [-0.1, -0.05) is 41.9 Å². The zero-order valence-electron chi connectivity index (χ0n) is 20.1. The molecule has 3 aliphatic rings. The number of esters is 1. The summed E-state index contributed by atoms with van der Waals surface area (Å²) in [5.41, 5.74) is 4.66. The van der Waals surface area contributed by atoms with Crippen LogP contribution in [0.3, 0.4) is 0 Å². The molecule has 5 nitrogen and oxygen atoms in total. The quantitative estimate of drug-likeness (QED) is 0.505. The number of ketones is 1. The number of dihydropyridines is 1. The van der Waals surface area contributed by atoms with Crippen molar-refractivity contribution in [1.82, 2.24) is 5.32 Å². The van der Waals surface area contributed by atoms with Crippen molar-refractivity contribution < 1.29 is 19.1 Å². The maximum absolute atomic E-state index is 13.7. The van der Waals surface area contributed by atoms with E-state index in [1.165, 1.54) is 0 Å². The monoisotopic (exact) mass is 491 g/mol. The fourth-order valence-electron chi connectivity index (χ4n) is 5.74. The molecule has 0 aromatic heterocycles. The molecule has 2 aromatic carbocycles. The molecule has 0 spiro atoms. The number of rotatable bonds is 5. The molecule has 1 saturated carbocycles. The van der Waals surface area contributed by atoms with Gasteiger partial charge in [-0.25, -0.2) is 4.79 Å². The fourth-order valence-corrected chi connectivity index (χ4v) is 5.87. The van der Waals surface area contributed by atoms with Gasteiger partial charge in [-0.15, -0.1) is 0 Å². The standard InChI is InChI=1S/C29H30ClNO4/c1-17-26(29(33)35-21-7-3-4-8-21)27(18-11-13-20(30)14-12-18)28-23(31-17)15-19(16-24(28)32)22-9-5-6-10-25(22)34-2/h5-6,9-14,19,21,27,31H,3-4,7-8,15-16H2,1-2H3/t19-,27+/m0/s1. The van der Waals surface area contributed by atoms with Gasteiger partial charge in [0.05, 0.1) is 12.7 Å². The number of carbonyl (C=O) groups is 2. The second-order valence-corrected chi connectivity index (χ2v) is 10.1. The van der Waals surface area contributed by atoms with Crippen LogP contribution in [0.2, 0.25) is 5.02 Å². The Kier molecular flexibility index (Phi) is 6.70. The summed E-state index contributed by atoms with van der Waals surface area (Å²) in [6.07, 6.45) is 4.90. The molecule has 0 amide bonds. The van der Waals surface area contributed by atoms with E-state index >= 15 is 0 Å². The van der Waals surface area contributed by atoms with Crippen molar-refractivity contribution in [2.75, 3.05) is 7.11 Å². The molecule has 6 heteroatoms. The van der Waals surface area contributed by atoms with Crippen LogP contribution in [0.1, 0.15) is 68.4 Å². The number of allylic oxidation sites excluding steroid dienone is 3. The van der Waals surface area contributed by atoms with Crippen molar-refractivity contribution in [2.45, 2.75) is 63.4 Å². The lowest BCUT2D eigenvalue weighted by Gasteiger charge is -2.37. The first kappa shape index (κ1) is 23.7. The molecule has 5 rings (SSSR count). The second kappa shape index (κ2) is 9.90. The first-order valence-corrected chi connectivity index (χ1v) is 12.7. The number of halogens is 1. The lowest BCUT2D eigenvalue weighted by atomic mass is 9.71. The van der Waals surface area contributed by atoms with Crippen LogP contribution in [0.5, 0.6) is 5.75 Å². The highest BCUT2D eigenvalue weighted by atomic mass is 35.5. The van der Waals surface area contributed by atoms with Gasteiger partial charge in [0.2, 0.25) is 0 Å². The zero-order chi connectivity index (χ0) is 24.5. The first-order valence-electron chi connectivity index (χ1n) is 12.3. The van der Waals surface area contributed by atoms with Gasteiger partial charge in [0, 0.05) is 40.2 Å². The summed E-state index contributed by atoms with van der Waals surface area (Å²) in [4.78, 5) is 27.2. The summed E-state index contributed by atoms with van der Waals surface area (Å²) < 4.78 is 11.5. The summed E-state index contributed by atoms with van der Waals surface area (Å²) in [7, 11) is 1.65. The fraction of sp³-hybridized carbons (Fsp3) is 0.379. The van der Waals surface area contributed by atoms with Crippen LogP contribution in [0.25, 0.3) is 0 Å². The molecule has 2 atom stereocenters. The normalized spacial score (nSPS) is 22.7. The summed E-state index contributed by atoms with van der Waals surface area (Å²) in [6.45, 7) is 1.90. The van der Waals surface area contributed by atoms with Crippen LogP contribution in [0, 0.1) is 0 Å². The molecule has 1 N–H and O–H groups in total. The molecule has 182 valence electrons. The summed E-state index contributed by atoms with van der Waals surface area (Å²) in [5.74, 6) is -0.00655. The minimum atomic E-state index is -0.483. The molecular weight excluding hydrogens is 462 g/mol. The van der Waals surface area contributed by atoms with E-state index in [2.05, 4.69) is 5.32 Å². The Hall–Kier alpha value is -3.05. The number of Topliss-reactive ketones (excluding diaryl/α,β-unsaturated/α-hetero) is 1. The van der Waals surface area contributed by atoms with Gasteiger partial charge < -0.3 is 14.8 Å². The Bertz CT molecular complexity index is 1210. The van der Waals surface area contributed by atoms with Gasteiger partial charge in [0.1, 0.15) is 11.9 Å². The van der Waals surface area contributed by atoms with E-state index in [4.69, 9.17) is 21.1 Å². The predicted molar refractivity (Wildman–Crippen MR) is 135 cm³/mol. The van der Waals surface area contributed by atoms with Gasteiger partial charge in [-0.2, -0.15) is 0 Å². The molecule has 2 aromatic rings. The maximum Gasteiger partial charge on any atom is 0.337 e. The molecule has 1 heterocycles. The molecular formula is C29H30ClNO4. The number of benzene rings is 2. The molecule has 0 saturated heterocycles. The summed E-state index contributed by atoms with van der Waals surface area (Å²) >= 11 is 6.17. The van der Waals surface area contributed by atoms with Crippen molar-refractivity contribution in [3.8, 4) is 5.75 Å². The predicted octanol–water partition coefficient (Wildman–Crippen LogP) is 6.20. The molecule has 2 aliphatic carbocycles. The van der Waals surface area contributed by atoms with E-state index in [0.717, 1.165) is 54.0 Å². The van der Waals surface area contributed by atoms with Crippen molar-refractivity contribution >= 4 is 23.4 Å². The molecule has 1 aliphatic heterocycles. The Morgan fingerprint density at radius 2 is 1.74 bits per heavy atom. The van der Waals surface area contributed by atoms with E-state index < -0.39 is 5.92 Å². The molecule has 1 fully saturated rings. The highest BCUT2D eigenvalue weighted by Gasteiger charge is 2.42. The number of methoxy groups -OCH3 is 1. The number of ether oxygens (including phenoxy) is 2. The maximum atomic E-state index is 13.7. The van der Waals surface area contributed by atoms with Crippen LogP contribution < -0.4 is 10.1 Å². The van der Waals surface area contributed by atoms with Crippen LogP contribution in [0.4, 0.5) is 0 Å². The van der Waals surface area contributed by atoms with Crippen molar-refractivity contribution in [2.24, 2.45) is 0 Å². The van der Waals surface area contributed by atoms with Crippen LogP contribution in [-0.2, 0) is 14.3 Å². The average Bonchev–Trinajstić information content (AvgIpc) is 3.36. The topological polar surface area (TPSA) is 64.6 Å². The number of hydrogen-bond acceptors (Lipinski definition) is 5. The number of nitrogens with one attached hydrogen (secondary N) is 1. The molecule has 0 unspecified atom stereocenters. The summed E-state index contributed by atoms with van der Waals surface area (Å²) in [5, 5.41) is 4.03. The Labute approximate surface area is 211 Å². The Morgan fingerprint density at radius 3 is 2.46 bits per heavy atom. The van der Waals surface area contributed by atoms with Gasteiger partial charge >= 0.3 is 5.97 Å². The SMILES string of the molecule is COc1ccccc1[C@@H]1CC(=O)C2=C(C1)NC(C)=C(C(=O)OC1CCCC1)[C@H]2c1ccc(Cl)cc1. The minimum Gasteiger partial charge on any atom is -0.496 e. The van der Waals surface area contributed by atoms with Crippen molar-refractivity contribution in [1.29, 1.82) is 0 Å². The zero-order valence-corrected chi connectivity index (χ0v) is 20.9. The van der Waals surface area contributed by atoms with Gasteiger partial charge in [-0.3, -0.25) is 4.79 Å². The van der Waals surface area contributed by atoms with E-state index in [0.29, 0.717) is 29.0 Å². The highest BCUT2D eigenvalue weighted by Crippen LogP contribution is 2.47. The highest BCUT2D eigenvalue weighted by molar-refractivity contribution is 6.30. The van der Waals surface area contributed by atoms with Crippen molar-refractivity contribution in [3.05, 3.63) is 87.2 Å². The Balaban J connectivity index is 1.54. The number of carbonyl (C=O) groups excluding carboxylic acids is 2. The van der Waals surface area contributed by atoms with Gasteiger partial charge in [0.15, 0.2) is 5.78 Å². The van der Waals surface area contributed by atoms with Gasteiger partial charge in [0.25, 0.3) is 0 Å². The second-order valence-electron chi connectivity index (χ2n) is 9.62. The Morgan fingerprint density at radius 1 is 1.03 bits per heavy atom. The average molecular weight is 492 g/mol. The largest absolute Gasteiger partial charge is 0.496 e. The smallest absolute Gasteiger partial charge is 0.337 e. The van der Waals surface area contributed by atoms with E-state index in [9.17, 15) is 9.59 Å². The third-order valence-corrected chi connectivity index (χ3v) is 7.66. The number of para-hydroxylation sites is 1. The number of hydrogen-bond donors (Lipinski definition) is 1.